The van der Waals surface area contributed by atoms with Crippen molar-refractivity contribution in [3.8, 4) is 11.1 Å². The van der Waals surface area contributed by atoms with Crippen molar-refractivity contribution in [2.24, 2.45) is 4.99 Å². The predicted molar refractivity (Wildman–Crippen MR) is 138 cm³/mol. The second-order valence-electron chi connectivity index (χ2n) is 8.24. The highest BCUT2D eigenvalue weighted by Crippen LogP contribution is 2.25. The number of benzene rings is 4. The Balaban J connectivity index is 1.64. The number of nitrogens with zero attached hydrogens (tertiary/aromatic N) is 1. The van der Waals surface area contributed by atoms with Crippen molar-refractivity contribution >= 4 is 11.3 Å². The molecule has 0 saturated carbocycles. The van der Waals surface area contributed by atoms with Crippen LogP contribution in [0.15, 0.2) is 120 Å². The van der Waals surface area contributed by atoms with Crippen LogP contribution in [0.3, 0.4) is 0 Å². The molecule has 0 saturated heterocycles. The second-order valence-corrected chi connectivity index (χ2v) is 8.24. The third-order valence-corrected chi connectivity index (χ3v) is 5.76. The fourth-order valence-electron chi connectivity index (χ4n) is 3.78. The van der Waals surface area contributed by atoms with Gasteiger partial charge < -0.3 is 0 Å². The van der Waals surface area contributed by atoms with Gasteiger partial charge >= 0.3 is 0 Å². The highest BCUT2D eigenvalue weighted by Gasteiger charge is 2.09. The highest BCUT2D eigenvalue weighted by molar-refractivity contribution is 6.12. The van der Waals surface area contributed by atoms with E-state index in [-0.39, 0.29) is 6.04 Å². The lowest BCUT2D eigenvalue weighted by Crippen LogP contribution is -2.02. The van der Waals surface area contributed by atoms with Crippen LogP contribution >= 0.6 is 0 Å². The van der Waals surface area contributed by atoms with E-state index >= 15 is 0 Å². The molecular weight excluding hydrogens is 386 g/mol. The SMILES string of the molecule is C/C(=C\C(=NC(C)c1ccc(-c2ccc(C)cc2)cc1)c1ccccc1)c1ccccc1. The lowest BCUT2D eigenvalue weighted by molar-refractivity contribution is 0.822. The number of aryl methyl sites for hydroxylation is 1. The van der Waals surface area contributed by atoms with Crippen molar-refractivity contribution < 1.29 is 0 Å². The third-order valence-electron chi connectivity index (χ3n) is 5.76. The molecule has 0 aliphatic rings. The van der Waals surface area contributed by atoms with Crippen LogP contribution in [0.1, 0.15) is 42.1 Å². The van der Waals surface area contributed by atoms with Crippen molar-refractivity contribution in [2.45, 2.75) is 26.8 Å². The molecule has 0 spiro atoms. The molecule has 158 valence electrons. The van der Waals surface area contributed by atoms with E-state index in [0.717, 1.165) is 11.3 Å². The van der Waals surface area contributed by atoms with Crippen LogP contribution < -0.4 is 0 Å². The van der Waals surface area contributed by atoms with E-state index in [1.165, 1.54) is 33.4 Å². The molecule has 4 rings (SSSR count). The molecule has 32 heavy (non-hydrogen) atoms. The van der Waals surface area contributed by atoms with E-state index in [4.69, 9.17) is 4.99 Å². The van der Waals surface area contributed by atoms with Crippen LogP contribution in [-0.4, -0.2) is 5.71 Å². The van der Waals surface area contributed by atoms with E-state index in [9.17, 15) is 0 Å². The minimum atomic E-state index is 0.0529. The van der Waals surface area contributed by atoms with Gasteiger partial charge in [-0.3, -0.25) is 4.99 Å². The van der Waals surface area contributed by atoms with Crippen molar-refractivity contribution in [1.82, 2.24) is 0 Å². The van der Waals surface area contributed by atoms with Crippen LogP contribution in [0.5, 0.6) is 0 Å². The van der Waals surface area contributed by atoms with E-state index in [1.54, 1.807) is 0 Å². The first-order valence-electron chi connectivity index (χ1n) is 11.1. The molecule has 0 bridgehead atoms. The van der Waals surface area contributed by atoms with Crippen LogP contribution in [0, 0.1) is 6.92 Å². The fourth-order valence-corrected chi connectivity index (χ4v) is 3.78. The van der Waals surface area contributed by atoms with Gasteiger partial charge in [-0.2, -0.15) is 0 Å². The Labute approximate surface area is 191 Å². The zero-order chi connectivity index (χ0) is 22.3. The predicted octanol–water partition coefficient (Wildman–Crippen LogP) is 8.32. The molecule has 4 aromatic rings. The Hall–Kier alpha value is -3.71. The molecule has 1 heteroatoms. The molecule has 0 aromatic heterocycles. The lowest BCUT2D eigenvalue weighted by Gasteiger charge is -2.12. The molecule has 0 aliphatic heterocycles. The molecule has 0 heterocycles. The van der Waals surface area contributed by atoms with Crippen molar-refractivity contribution in [1.29, 1.82) is 0 Å². The smallest absolute Gasteiger partial charge is 0.0728 e. The normalized spacial score (nSPS) is 13.1. The standard InChI is InChI=1S/C31H29N/c1-23-14-16-28(17-15-23)29-20-18-27(19-21-29)25(3)32-31(30-12-8-5-9-13-30)22-24(2)26-10-6-4-7-11-26/h4-22,25H,1-3H3/b24-22+,32-31?. The molecule has 4 aromatic carbocycles. The molecule has 0 amide bonds. The largest absolute Gasteiger partial charge is 0.277 e. The molecule has 0 radical (unpaired) electrons. The van der Waals surface area contributed by atoms with E-state index in [2.05, 4.69) is 124 Å². The number of hydrogen-bond donors (Lipinski definition) is 0. The fraction of sp³-hybridized carbons (Fsp3) is 0.129. The van der Waals surface area contributed by atoms with Gasteiger partial charge in [-0.25, -0.2) is 0 Å². The second kappa shape index (κ2) is 10.1. The van der Waals surface area contributed by atoms with Gasteiger partial charge in [0, 0.05) is 0 Å². The van der Waals surface area contributed by atoms with E-state index in [1.807, 2.05) is 12.1 Å². The summed E-state index contributed by atoms with van der Waals surface area (Å²) in [5.74, 6) is 0. The van der Waals surface area contributed by atoms with Crippen molar-refractivity contribution in [3.63, 3.8) is 0 Å². The summed E-state index contributed by atoms with van der Waals surface area (Å²) in [4.78, 5) is 5.14. The summed E-state index contributed by atoms with van der Waals surface area (Å²) in [6.45, 7) is 6.43. The first-order chi connectivity index (χ1) is 15.6. The monoisotopic (exact) mass is 415 g/mol. The Bertz CT molecular complexity index is 1200. The lowest BCUT2D eigenvalue weighted by atomic mass is 10.00. The first kappa shape index (κ1) is 21.5. The molecule has 1 atom stereocenters. The van der Waals surface area contributed by atoms with Gasteiger partial charge in [-0.15, -0.1) is 0 Å². The average Bonchev–Trinajstić information content (AvgIpc) is 2.85. The summed E-state index contributed by atoms with van der Waals surface area (Å²) in [7, 11) is 0. The van der Waals surface area contributed by atoms with Gasteiger partial charge in [-0.05, 0) is 60.2 Å². The van der Waals surface area contributed by atoms with Crippen LogP contribution in [0.4, 0.5) is 0 Å². The number of aliphatic imine (C=N–C) groups is 1. The minimum absolute atomic E-state index is 0.0529. The molecule has 0 N–H and O–H groups in total. The van der Waals surface area contributed by atoms with Gasteiger partial charge in [0.15, 0.2) is 0 Å². The van der Waals surface area contributed by atoms with E-state index < -0.39 is 0 Å². The molecule has 0 aliphatic carbocycles. The molecule has 1 nitrogen and oxygen atoms in total. The van der Waals surface area contributed by atoms with Crippen LogP contribution in [0.25, 0.3) is 16.7 Å². The zero-order valence-corrected chi connectivity index (χ0v) is 19.0. The van der Waals surface area contributed by atoms with Crippen LogP contribution in [0.2, 0.25) is 0 Å². The highest BCUT2D eigenvalue weighted by atomic mass is 14.8. The maximum Gasteiger partial charge on any atom is 0.0728 e. The summed E-state index contributed by atoms with van der Waals surface area (Å²) in [6.07, 6.45) is 2.20. The number of rotatable bonds is 6. The van der Waals surface area contributed by atoms with Crippen LogP contribution in [-0.2, 0) is 0 Å². The quantitative estimate of drug-likeness (QED) is 0.281. The minimum Gasteiger partial charge on any atom is -0.277 e. The van der Waals surface area contributed by atoms with Gasteiger partial charge in [0.25, 0.3) is 0 Å². The maximum absolute atomic E-state index is 5.14. The number of hydrogen-bond acceptors (Lipinski definition) is 1. The molecular formula is C31H29N. The number of allylic oxidation sites excluding steroid dienone is 2. The zero-order valence-electron chi connectivity index (χ0n) is 19.0. The topological polar surface area (TPSA) is 12.4 Å². The van der Waals surface area contributed by atoms with Gasteiger partial charge in [0.2, 0.25) is 0 Å². The Morgan fingerprint density at radius 2 is 1.16 bits per heavy atom. The summed E-state index contributed by atoms with van der Waals surface area (Å²) in [5, 5.41) is 0. The van der Waals surface area contributed by atoms with Gasteiger partial charge in [0.1, 0.15) is 0 Å². The Morgan fingerprint density at radius 3 is 1.72 bits per heavy atom. The van der Waals surface area contributed by atoms with Crippen molar-refractivity contribution in [3.05, 3.63) is 138 Å². The molecule has 1 unspecified atom stereocenters. The molecule has 0 fully saturated rings. The first-order valence-corrected chi connectivity index (χ1v) is 11.1. The third kappa shape index (κ3) is 5.31. The van der Waals surface area contributed by atoms with Gasteiger partial charge in [-0.1, -0.05) is 115 Å². The summed E-state index contributed by atoms with van der Waals surface area (Å²) >= 11 is 0. The Morgan fingerprint density at radius 1 is 0.656 bits per heavy atom. The van der Waals surface area contributed by atoms with Gasteiger partial charge in [0.05, 0.1) is 11.8 Å². The summed E-state index contributed by atoms with van der Waals surface area (Å²) in [6, 6.07) is 38.4. The van der Waals surface area contributed by atoms with E-state index in [0.29, 0.717) is 0 Å². The van der Waals surface area contributed by atoms with Crippen molar-refractivity contribution in [2.75, 3.05) is 0 Å². The maximum atomic E-state index is 5.14. The summed E-state index contributed by atoms with van der Waals surface area (Å²) in [5.41, 5.74) is 9.51. The average molecular weight is 416 g/mol. The summed E-state index contributed by atoms with van der Waals surface area (Å²) < 4.78 is 0. The Kier molecular flexibility index (Phi) is 6.77.